The minimum absolute atomic E-state index is 0.102. The third-order valence-electron chi connectivity index (χ3n) is 7.07. The second-order valence-electron chi connectivity index (χ2n) is 9.48. The van der Waals surface area contributed by atoms with Crippen LogP contribution in [-0.4, -0.2) is 35.3 Å². The van der Waals surface area contributed by atoms with Crippen molar-refractivity contribution in [1.29, 1.82) is 0 Å². The number of carboxylic acid groups (broad SMARTS) is 1. The molecule has 5 nitrogen and oxygen atoms in total. The molecule has 5 rings (SSSR count). The van der Waals surface area contributed by atoms with Gasteiger partial charge in [-0.2, -0.15) is 0 Å². The average molecular weight is 500 g/mol. The van der Waals surface area contributed by atoms with E-state index >= 15 is 0 Å². The summed E-state index contributed by atoms with van der Waals surface area (Å²) < 4.78 is 26.8. The van der Waals surface area contributed by atoms with E-state index in [9.17, 15) is 14.3 Å². The molecule has 1 aliphatic rings. The molecular formula is C31H30FNO4. The fourth-order valence-corrected chi connectivity index (χ4v) is 5.01. The second-order valence-corrected chi connectivity index (χ2v) is 9.48. The van der Waals surface area contributed by atoms with Gasteiger partial charge in [0.05, 0.1) is 18.8 Å². The summed E-state index contributed by atoms with van der Waals surface area (Å²) in [7, 11) is 0. The summed E-state index contributed by atoms with van der Waals surface area (Å²) in [6.07, 6.45) is -1.88. The minimum Gasteiger partial charge on any atom is -0.465 e. The molecule has 4 unspecified atom stereocenters. The highest BCUT2D eigenvalue weighted by Gasteiger charge is 2.36. The van der Waals surface area contributed by atoms with Gasteiger partial charge in [0.1, 0.15) is 5.82 Å². The van der Waals surface area contributed by atoms with Gasteiger partial charge >= 0.3 is 6.09 Å². The summed E-state index contributed by atoms with van der Waals surface area (Å²) in [5.74, 6) is -0.409. The molecule has 4 atom stereocenters. The molecule has 0 spiro atoms. The third-order valence-corrected chi connectivity index (χ3v) is 7.07. The lowest BCUT2D eigenvalue weighted by atomic mass is 9.87. The molecule has 0 bridgehead atoms. The Morgan fingerprint density at radius 3 is 2.35 bits per heavy atom. The lowest BCUT2D eigenvalue weighted by Crippen LogP contribution is -2.47. The number of piperidine rings is 1. The standard InChI is InChI=1S/C31H30FNO4/c1-21(22-7-3-2-4-8-22)36-30(26-12-11-23-9-5-6-10-25(23)19-26)37-29-20-33(31(34)35)18-17-28(29)24-13-15-27(32)16-14-24/h2-16,19,21,28-30H,17-18,20H2,1H3,(H,34,35). The van der Waals surface area contributed by atoms with Gasteiger partial charge in [-0.3, -0.25) is 0 Å². The maximum atomic E-state index is 13.6. The van der Waals surface area contributed by atoms with Gasteiger partial charge < -0.3 is 19.5 Å². The van der Waals surface area contributed by atoms with Gasteiger partial charge in [0.15, 0.2) is 6.29 Å². The number of halogens is 1. The van der Waals surface area contributed by atoms with Gasteiger partial charge in [0, 0.05) is 18.0 Å². The smallest absolute Gasteiger partial charge is 0.407 e. The molecule has 1 amide bonds. The van der Waals surface area contributed by atoms with E-state index in [-0.39, 0.29) is 24.4 Å². The first-order valence-electron chi connectivity index (χ1n) is 12.6. The Morgan fingerprint density at radius 2 is 1.62 bits per heavy atom. The van der Waals surface area contributed by atoms with Crippen LogP contribution < -0.4 is 0 Å². The number of amides is 1. The summed E-state index contributed by atoms with van der Waals surface area (Å²) in [6.45, 7) is 2.57. The van der Waals surface area contributed by atoms with Crippen LogP contribution in [-0.2, 0) is 9.47 Å². The summed E-state index contributed by atoms with van der Waals surface area (Å²) in [6, 6.07) is 30.5. The molecule has 6 heteroatoms. The quantitative estimate of drug-likeness (QED) is 0.271. The van der Waals surface area contributed by atoms with E-state index in [2.05, 4.69) is 12.1 Å². The summed E-state index contributed by atoms with van der Waals surface area (Å²) in [4.78, 5) is 13.2. The SMILES string of the molecule is CC(OC(OC1CN(C(=O)O)CCC1c1ccc(F)cc1)c1ccc2ccccc2c1)c1ccccc1. The van der Waals surface area contributed by atoms with Crippen molar-refractivity contribution in [3.63, 3.8) is 0 Å². The molecule has 1 N–H and O–H groups in total. The number of likely N-dealkylation sites (tertiary alicyclic amines) is 1. The predicted octanol–water partition coefficient (Wildman–Crippen LogP) is 7.31. The van der Waals surface area contributed by atoms with Gasteiger partial charge in [0.2, 0.25) is 0 Å². The molecule has 4 aromatic rings. The van der Waals surface area contributed by atoms with Crippen molar-refractivity contribution in [3.05, 3.63) is 120 Å². The van der Waals surface area contributed by atoms with Gasteiger partial charge in [-0.15, -0.1) is 0 Å². The number of ether oxygens (including phenoxy) is 2. The first-order valence-corrected chi connectivity index (χ1v) is 12.6. The van der Waals surface area contributed by atoms with E-state index in [0.29, 0.717) is 13.0 Å². The number of nitrogens with zero attached hydrogens (tertiary/aromatic N) is 1. The van der Waals surface area contributed by atoms with Crippen LogP contribution in [0.4, 0.5) is 9.18 Å². The normalized spacial score (nSPS) is 19.5. The Hall–Kier alpha value is -3.74. The molecule has 1 aliphatic heterocycles. The molecule has 0 radical (unpaired) electrons. The Labute approximate surface area is 216 Å². The van der Waals surface area contributed by atoms with Crippen molar-refractivity contribution in [2.24, 2.45) is 0 Å². The average Bonchev–Trinajstić information content (AvgIpc) is 2.93. The molecule has 4 aromatic carbocycles. The van der Waals surface area contributed by atoms with Gasteiger partial charge in [-0.1, -0.05) is 78.9 Å². The van der Waals surface area contributed by atoms with E-state index in [1.807, 2.05) is 67.6 Å². The van der Waals surface area contributed by atoms with E-state index in [1.54, 1.807) is 12.1 Å². The van der Waals surface area contributed by atoms with Crippen molar-refractivity contribution in [1.82, 2.24) is 4.90 Å². The van der Waals surface area contributed by atoms with Crippen molar-refractivity contribution >= 4 is 16.9 Å². The fraction of sp³-hybridized carbons (Fsp3) is 0.258. The highest BCUT2D eigenvalue weighted by molar-refractivity contribution is 5.83. The number of carbonyl (C=O) groups is 1. The van der Waals surface area contributed by atoms with Crippen LogP contribution in [0.2, 0.25) is 0 Å². The number of hydrogen-bond acceptors (Lipinski definition) is 3. The van der Waals surface area contributed by atoms with Crippen LogP contribution in [0.5, 0.6) is 0 Å². The number of benzene rings is 4. The minimum atomic E-state index is -0.980. The van der Waals surface area contributed by atoms with Crippen molar-refractivity contribution < 1.29 is 23.8 Å². The van der Waals surface area contributed by atoms with E-state index in [4.69, 9.17) is 9.47 Å². The van der Waals surface area contributed by atoms with E-state index < -0.39 is 18.5 Å². The molecule has 1 saturated heterocycles. The summed E-state index contributed by atoms with van der Waals surface area (Å²) in [5.41, 5.74) is 2.79. The van der Waals surface area contributed by atoms with Crippen LogP contribution in [0.15, 0.2) is 97.1 Å². The Morgan fingerprint density at radius 1 is 0.919 bits per heavy atom. The van der Waals surface area contributed by atoms with Crippen LogP contribution in [0.3, 0.4) is 0 Å². The molecular weight excluding hydrogens is 469 g/mol. The highest BCUT2D eigenvalue weighted by Crippen LogP contribution is 2.37. The molecule has 0 aliphatic carbocycles. The first kappa shape index (κ1) is 24.9. The first-order chi connectivity index (χ1) is 18.0. The predicted molar refractivity (Wildman–Crippen MR) is 141 cm³/mol. The molecule has 190 valence electrons. The largest absolute Gasteiger partial charge is 0.465 e. The summed E-state index contributed by atoms with van der Waals surface area (Å²) >= 11 is 0. The summed E-state index contributed by atoms with van der Waals surface area (Å²) in [5, 5.41) is 11.9. The van der Waals surface area contributed by atoms with Crippen LogP contribution in [0.25, 0.3) is 10.8 Å². The topological polar surface area (TPSA) is 59.0 Å². The Bertz CT molecular complexity index is 1340. The number of rotatable bonds is 7. The lowest BCUT2D eigenvalue weighted by Gasteiger charge is -2.39. The highest BCUT2D eigenvalue weighted by atomic mass is 19.1. The Balaban J connectivity index is 1.49. The number of hydrogen-bond donors (Lipinski definition) is 1. The van der Waals surface area contributed by atoms with Gasteiger partial charge in [0.25, 0.3) is 0 Å². The van der Waals surface area contributed by atoms with Crippen molar-refractivity contribution in [2.75, 3.05) is 13.1 Å². The maximum Gasteiger partial charge on any atom is 0.407 e. The zero-order chi connectivity index (χ0) is 25.8. The van der Waals surface area contributed by atoms with E-state index in [0.717, 1.165) is 27.5 Å². The zero-order valence-corrected chi connectivity index (χ0v) is 20.7. The maximum absolute atomic E-state index is 13.6. The zero-order valence-electron chi connectivity index (χ0n) is 20.7. The van der Waals surface area contributed by atoms with Crippen LogP contribution in [0, 0.1) is 5.82 Å². The van der Waals surface area contributed by atoms with Gasteiger partial charge in [-0.25, -0.2) is 9.18 Å². The molecule has 37 heavy (non-hydrogen) atoms. The molecule has 0 saturated carbocycles. The molecule has 1 fully saturated rings. The van der Waals surface area contributed by atoms with E-state index in [1.165, 1.54) is 17.0 Å². The van der Waals surface area contributed by atoms with Crippen molar-refractivity contribution in [2.45, 2.75) is 37.8 Å². The number of fused-ring (bicyclic) bond motifs is 1. The monoisotopic (exact) mass is 499 g/mol. The van der Waals surface area contributed by atoms with Crippen molar-refractivity contribution in [3.8, 4) is 0 Å². The van der Waals surface area contributed by atoms with Crippen LogP contribution in [0.1, 0.15) is 48.3 Å². The van der Waals surface area contributed by atoms with Gasteiger partial charge in [-0.05, 0) is 53.4 Å². The molecule has 0 aromatic heterocycles. The Kier molecular flexibility index (Phi) is 7.49. The third kappa shape index (κ3) is 5.82. The second kappa shape index (κ2) is 11.1. The van der Waals surface area contributed by atoms with Crippen LogP contribution >= 0.6 is 0 Å². The molecule has 1 heterocycles. The lowest BCUT2D eigenvalue weighted by molar-refractivity contribution is -0.208. The fourth-order valence-electron chi connectivity index (χ4n) is 5.01.